The van der Waals surface area contributed by atoms with Crippen LogP contribution in [0.4, 0.5) is 0 Å². The first-order valence-electron chi connectivity index (χ1n) is 5.77. The number of carbonyl (C=O) groups is 1. The van der Waals surface area contributed by atoms with Crippen LogP contribution in [0.25, 0.3) is 5.69 Å². The van der Waals surface area contributed by atoms with Gasteiger partial charge in [0.05, 0.1) is 18.0 Å². The van der Waals surface area contributed by atoms with Gasteiger partial charge in [-0.2, -0.15) is 0 Å². The zero-order valence-electron chi connectivity index (χ0n) is 10.7. The van der Waals surface area contributed by atoms with E-state index in [1.807, 2.05) is 26.0 Å². The van der Waals surface area contributed by atoms with E-state index in [-0.39, 0.29) is 0 Å². The van der Waals surface area contributed by atoms with E-state index in [2.05, 4.69) is 9.97 Å². The summed E-state index contributed by atoms with van der Waals surface area (Å²) >= 11 is 0. The minimum atomic E-state index is -0.408. The third-order valence-electron chi connectivity index (χ3n) is 2.54. The predicted octanol–water partition coefficient (Wildman–Crippen LogP) is 2.06. The third-order valence-corrected chi connectivity index (χ3v) is 2.54. The second-order valence-corrected chi connectivity index (χ2v) is 3.94. The zero-order chi connectivity index (χ0) is 13.1. The Morgan fingerprint density at radius 3 is 2.83 bits per heavy atom. The number of nitrogens with zero attached hydrogens (tertiary/aromatic N) is 3. The molecule has 0 saturated heterocycles. The van der Waals surface area contributed by atoms with Gasteiger partial charge in [-0.3, -0.25) is 4.98 Å². The Bertz CT molecular complexity index is 575. The molecule has 0 atom stereocenters. The summed E-state index contributed by atoms with van der Waals surface area (Å²) in [5.74, 6) is -0.408. The number of rotatable bonds is 3. The lowest BCUT2D eigenvalue weighted by molar-refractivity contribution is 0.0520. The number of hydrogen-bond acceptors (Lipinski definition) is 4. The Labute approximate surface area is 105 Å². The van der Waals surface area contributed by atoms with Crippen molar-refractivity contribution in [2.75, 3.05) is 6.61 Å². The molecule has 0 unspecified atom stereocenters. The van der Waals surface area contributed by atoms with Gasteiger partial charge in [0, 0.05) is 11.9 Å². The lowest BCUT2D eigenvalue weighted by Gasteiger charge is -2.05. The fourth-order valence-electron chi connectivity index (χ4n) is 1.72. The van der Waals surface area contributed by atoms with Gasteiger partial charge in [0.1, 0.15) is 6.33 Å². The van der Waals surface area contributed by atoms with Crippen molar-refractivity contribution >= 4 is 5.97 Å². The highest BCUT2D eigenvalue weighted by Gasteiger charge is 2.11. The fraction of sp³-hybridized carbons (Fsp3) is 0.308. The molecule has 5 heteroatoms. The van der Waals surface area contributed by atoms with Crippen LogP contribution in [0.1, 0.15) is 28.8 Å². The normalized spacial score (nSPS) is 10.4. The van der Waals surface area contributed by atoms with E-state index in [0.29, 0.717) is 12.3 Å². The van der Waals surface area contributed by atoms with Crippen LogP contribution in [0.5, 0.6) is 0 Å². The third kappa shape index (κ3) is 2.40. The van der Waals surface area contributed by atoms with Crippen molar-refractivity contribution in [1.29, 1.82) is 0 Å². The van der Waals surface area contributed by atoms with Gasteiger partial charge in [0.25, 0.3) is 0 Å². The number of aryl methyl sites for hydroxylation is 2. The molecule has 0 aromatic carbocycles. The molecular weight excluding hydrogens is 230 g/mol. The summed E-state index contributed by atoms with van der Waals surface area (Å²) in [7, 11) is 0. The lowest BCUT2D eigenvalue weighted by Crippen LogP contribution is -2.04. The number of aromatic nitrogens is 3. The van der Waals surface area contributed by atoms with Crippen LogP contribution in [0.2, 0.25) is 0 Å². The molecule has 0 bridgehead atoms. The van der Waals surface area contributed by atoms with Gasteiger partial charge < -0.3 is 9.30 Å². The highest BCUT2D eigenvalue weighted by Crippen LogP contribution is 2.13. The second-order valence-electron chi connectivity index (χ2n) is 3.94. The number of pyridine rings is 1. The molecule has 0 fully saturated rings. The van der Waals surface area contributed by atoms with Gasteiger partial charge in [0.2, 0.25) is 0 Å². The molecule has 0 radical (unpaired) electrons. The van der Waals surface area contributed by atoms with Crippen LogP contribution < -0.4 is 0 Å². The Hall–Kier alpha value is -2.17. The fourth-order valence-corrected chi connectivity index (χ4v) is 1.72. The molecule has 5 nitrogen and oxygen atoms in total. The lowest BCUT2D eigenvalue weighted by atomic mass is 10.3. The first-order chi connectivity index (χ1) is 8.61. The number of ether oxygens (including phenoxy) is 1. The number of carbonyl (C=O) groups excluding carboxylic acids is 1. The highest BCUT2D eigenvalue weighted by molar-refractivity contribution is 5.87. The van der Waals surface area contributed by atoms with E-state index in [9.17, 15) is 4.79 Å². The maximum atomic E-state index is 11.5. The number of hydrogen-bond donors (Lipinski definition) is 0. The summed E-state index contributed by atoms with van der Waals surface area (Å²) in [4.78, 5) is 19.9. The Kier molecular flexibility index (Phi) is 3.41. The molecule has 2 aromatic heterocycles. The monoisotopic (exact) mass is 245 g/mol. The molecule has 94 valence electrons. The quantitative estimate of drug-likeness (QED) is 0.777. The van der Waals surface area contributed by atoms with Crippen LogP contribution in [-0.2, 0) is 4.74 Å². The summed E-state index contributed by atoms with van der Waals surface area (Å²) in [5, 5.41) is 0. The minimum absolute atomic E-state index is 0.303. The maximum absolute atomic E-state index is 11.5. The molecule has 0 aliphatic heterocycles. The average Bonchev–Trinajstić information content (AvgIpc) is 2.78. The van der Waals surface area contributed by atoms with Gasteiger partial charge in [-0.15, -0.1) is 0 Å². The molecule has 0 aliphatic rings. The van der Waals surface area contributed by atoms with Crippen LogP contribution >= 0.6 is 0 Å². The largest absolute Gasteiger partial charge is 0.461 e. The van der Waals surface area contributed by atoms with Crippen molar-refractivity contribution in [2.24, 2.45) is 0 Å². The van der Waals surface area contributed by atoms with Crippen LogP contribution in [0.15, 0.2) is 24.7 Å². The average molecular weight is 245 g/mol. The number of imidazole rings is 1. The smallest absolute Gasteiger partial charge is 0.358 e. The predicted molar refractivity (Wildman–Crippen MR) is 66.8 cm³/mol. The molecule has 2 rings (SSSR count). The van der Waals surface area contributed by atoms with Gasteiger partial charge in [0.15, 0.2) is 5.69 Å². The molecule has 0 N–H and O–H groups in total. The molecule has 2 heterocycles. The minimum Gasteiger partial charge on any atom is -0.461 e. The van der Waals surface area contributed by atoms with E-state index in [0.717, 1.165) is 17.1 Å². The molecule has 0 spiro atoms. The first kappa shape index (κ1) is 12.3. The van der Waals surface area contributed by atoms with Crippen molar-refractivity contribution in [3.63, 3.8) is 0 Å². The van der Waals surface area contributed by atoms with Gasteiger partial charge in [-0.05, 0) is 32.9 Å². The Morgan fingerprint density at radius 1 is 1.39 bits per heavy atom. The molecule has 0 amide bonds. The van der Waals surface area contributed by atoms with Crippen molar-refractivity contribution in [3.8, 4) is 5.69 Å². The van der Waals surface area contributed by atoms with Crippen molar-refractivity contribution in [3.05, 3.63) is 41.7 Å². The van der Waals surface area contributed by atoms with E-state index >= 15 is 0 Å². The van der Waals surface area contributed by atoms with Crippen LogP contribution in [0, 0.1) is 13.8 Å². The summed E-state index contributed by atoms with van der Waals surface area (Å²) in [6.45, 7) is 5.97. The van der Waals surface area contributed by atoms with Crippen molar-refractivity contribution in [2.45, 2.75) is 20.8 Å². The van der Waals surface area contributed by atoms with E-state index < -0.39 is 5.97 Å². The Balaban J connectivity index is 2.32. The van der Waals surface area contributed by atoms with Gasteiger partial charge in [-0.1, -0.05) is 0 Å². The SMILES string of the molecule is CCOC(=O)c1cn(-c2ccc(C)nc2C)cn1. The van der Waals surface area contributed by atoms with E-state index in [4.69, 9.17) is 4.74 Å². The number of esters is 1. The van der Waals surface area contributed by atoms with Crippen molar-refractivity contribution in [1.82, 2.24) is 14.5 Å². The van der Waals surface area contributed by atoms with Crippen LogP contribution in [0.3, 0.4) is 0 Å². The van der Waals surface area contributed by atoms with E-state index in [1.54, 1.807) is 24.0 Å². The first-order valence-corrected chi connectivity index (χ1v) is 5.77. The standard InChI is InChI=1S/C13H15N3O2/c1-4-18-13(17)11-7-16(8-14-11)12-6-5-9(2)15-10(12)3/h5-8H,4H2,1-3H3. The zero-order valence-corrected chi connectivity index (χ0v) is 10.7. The highest BCUT2D eigenvalue weighted by atomic mass is 16.5. The summed E-state index contributed by atoms with van der Waals surface area (Å²) in [5.41, 5.74) is 3.06. The topological polar surface area (TPSA) is 57.0 Å². The summed E-state index contributed by atoms with van der Waals surface area (Å²) in [6.07, 6.45) is 3.24. The van der Waals surface area contributed by atoms with Gasteiger partial charge in [-0.25, -0.2) is 9.78 Å². The molecule has 18 heavy (non-hydrogen) atoms. The summed E-state index contributed by atoms with van der Waals surface area (Å²) < 4.78 is 6.67. The van der Waals surface area contributed by atoms with E-state index in [1.165, 1.54) is 0 Å². The molecule has 2 aromatic rings. The second kappa shape index (κ2) is 5.00. The Morgan fingerprint density at radius 2 is 2.17 bits per heavy atom. The molecule has 0 saturated carbocycles. The molecular formula is C13H15N3O2. The summed E-state index contributed by atoms with van der Waals surface area (Å²) in [6, 6.07) is 3.88. The molecule has 0 aliphatic carbocycles. The van der Waals surface area contributed by atoms with Crippen molar-refractivity contribution < 1.29 is 9.53 Å². The van der Waals surface area contributed by atoms with Gasteiger partial charge >= 0.3 is 5.97 Å². The van der Waals surface area contributed by atoms with Crippen LogP contribution in [-0.4, -0.2) is 27.1 Å². The maximum Gasteiger partial charge on any atom is 0.358 e.